The second kappa shape index (κ2) is 8.71. The Bertz CT molecular complexity index is 732. The van der Waals surface area contributed by atoms with E-state index in [4.69, 9.17) is 0 Å². The first-order chi connectivity index (χ1) is 12.9. The summed E-state index contributed by atoms with van der Waals surface area (Å²) in [7, 11) is -3.51. The van der Waals surface area contributed by atoms with Gasteiger partial charge in [-0.25, -0.2) is 8.42 Å². The van der Waals surface area contributed by atoms with Gasteiger partial charge in [-0.1, -0.05) is 6.42 Å². The summed E-state index contributed by atoms with van der Waals surface area (Å²) in [6, 6.07) is 7.16. The third-order valence-corrected chi connectivity index (χ3v) is 8.01. The van der Waals surface area contributed by atoms with Gasteiger partial charge in [0.2, 0.25) is 10.0 Å². The quantitative estimate of drug-likeness (QED) is 0.775. The molecular formula is C20H32N3O3S+. The number of hydrogen-bond donors (Lipinski definition) is 2. The number of nitrogens with two attached hydrogens (primary N) is 1. The van der Waals surface area contributed by atoms with Crippen molar-refractivity contribution in [3.63, 3.8) is 0 Å². The number of nitrogens with one attached hydrogen (secondary N) is 1. The van der Waals surface area contributed by atoms with Crippen LogP contribution in [-0.4, -0.2) is 43.3 Å². The molecule has 0 bridgehead atoms. The molecule has 6 nitrogen and oxygen atoms in total. The van der Waals surface area contributed by atoms with Gasteiger partial charge in [-0.05, 0) is 76.6 Å². The normalized spacial score (nSPS) is 24.8. The van der Waals surface area contributed by atoms with E-state index in [1.54, 1.807) is 28.6 Å². The fourth-order valence-corrected chi connectivity index (χ4v) is 6.26. The highest BCUT2D eigenvalue weighted by molar-refractivity contribution is 7.89. The van der Waals surface area contributed by atoms with E-state index in [0.717, 1.165) is 19.3 Å². The summed E-state index contributed by atoms with van der Waals surface area (Å²) in [5.74, 6) is -0.0456. The molecule has 2 aliphatic rings. The van der Waals surface area contributed by atoms with Crippen LogP contribution in [0.1, 0.15) is 58.8 Å². The summed E-state index contributed by atoms with van der Waals surface area (Å²) >= 11 is 0. The van der Waals surface area contributed by atoms with Crippen molar-refractivity contribution in [1.82, 2.24) is 4.31 Å². The van der Waals surface area contributed by atoms with Gasteiger partial charge in [0.1, 0.15) is 0 Å². The molecule has 1 amide bonds. The molecule has 0 spiro atoms. The van der Waals surface area contributed by atoms with Crippen LogP contribution in [0.15, 0.2) is 29.2 Å². The molecule has 1 aromatic rings. The highest BCUT2D eigenvalue weighted by Gasteiger charge is 2.35. The van der Waals surface area contributed by atoms with Gasteiger partial charge >= 0.3 is 0 Å². The van der Waals surface area contributed by atoms with Gasteiger partial charge < -0.3 is 10.6 Å². The third-order valence-electron chi connectivity index (χ3n) is 5.86. The number of benzene rings is 1. The maximum Gasteiger partial charge on any atom is 0.279 e. The zero-order valence-electron chi connectivity index (χ0n) is 16.4. The van der Waals surface area contributed by atoms with Crippen LogP contribution in [0, 0.1) is 0 Å². The highest BCUT2D eigenvalue weighted by atomic mass is 32.2. The zero-order valence-corrected chi connectivity index (χ0v) is 17.2. The van der Waals surface area contributed by atoms with E-state index in [0.29, 0.717) is 23.2 Å². The molecule has 1 aromatic carbocycles. The molecule has 2 atom stereocenters. The predicted molar refractivity (Wildman–Crippen MR) is 106 cm³/mol. The lowest BCUT2D eigenvalue weighted by atomic mass is 10.0. The van der Waals surface area contributed by atoms with Gasteiger partial charge in [-0.15, -0.1) is 0 Å². The van der Waals surface area contributed by atoms with Crippen LogP contribution in [0.25, 0.3) is 0 Å². The Morgan fingerprint density at radius 1 is 1.04 bits per heavy atom. The fraction of sp³-hybridized carbons (Fsp3) is 0.650. The lowest BCUT2D eigenvalue weighted by Gasteiger charge is -2.37. The Morgan fingerprint density at radius 3 is 2.22 bits per heavy atom. The molecule has 0 unspecified atom stereocenters. The summed E-state index contributed by atoms with van der Waals surface area (Å²) in [6.45, 7) is 4.36. The largest absolute Gasteiger partial charge is 0.336 e. The first kappa shape index (κ1) is 20.3. The van der Waals surface area contributed by atoms with Crippen LogP contribution in [0.2, 0.25) is 0 Å². The lowest BCUT2D eigenvalue weighted by Crippen LogP contribution is -2.91. The third kappa shape index (κ3) is 4.89. The number of nitrogens with zero attached hydrogens (tertiary/aromatic N) is 1. The van der Waals surface area contributed by atoms with Gasteiger partial charge in [-0.2, -0.15) is 4.31 Å². The van der Waals surface area contributed by atoms with Crippen LogP contribution in [0.3, 0.4) is 0 Å². The van der Waals surface area contributed by atoms with E-state index in [-0.39, 0.29) is 18.0 Å². The Kier molecular flexibility index (Phi) is 6.55. The van der Waals surface area contributed by atoms with Gasteiger partial charge in [0.25, 0.3) is 5.91 Å². The molecule has 3 N–H and O–H groups in total. The lowest BCUT2D eigenvalue weighted by molar-refractivity contribution is -0.677. The topological polar surface area (TPSA) is 83.1 Å². The van der Waals surface area contributed by atoms with Crippen molar-refractivity contribution in [2.24, 2.45) is 0 Å². The first-order valence-electron chi connectivity index (χ1n) is 10.1. The Morgan fingerprint density at radius 2 is 1.63 bits per heavy atom. The van der Waals surface area contributed by atoms with Crippen molar-refractivity contribution in [2.75, 3.05) is 11.9 Å². The smallest absolute Gasteiger partial charge is 0.279 e. The molecule has 27 heavy (non-hydrogen) atoms. The minimum atomic E-state index is -3.51. The number of piperidine rings is 1. The number of hydrogen-bond acceptors (Lipinski definition) is 3. The molecule has 0 aromatic heterocycles. The molecule has 1 aliphatic heterocycles. The van der Waals surface area contributed by atoms with Crippen molar-refractivity contribution in [1.29, 1.82) is 0 Å². The average molecular weight is 395 g/mol. The van der Waals surface area contributed by atoms with Crippen LogP contribution < -0.4 is 10.6 Å². The number of rotatable bonds is 6. The standard InChI is InChI=1S/C20H31N3O3S/c1-15-6-5-7-16(2)23(15)27(25,26)19-12-10-18(11-13-19)22-20(24)14-21-17-8-3-4-9-17/h10-13,15-17,21H,3-9,14H2,1-2H3,(H,22,24)/p+1/t15-,16-/m0/s1. The molecule has 1 saturated carbocycles. The average Bonchev–Trinajstić information content (AvgIpc) is 3.14. The number of amides is 1. The predicted octanol–water partition coefficient (Wildman–Crippen LogP) is 2.08. The van der Waals surface area contributed by atoms with Gasteiger partial charge in [0.15, 0.2) is 6.54 Å². The van der Waals surface area contributed by atoms with Crippen molar-refractivity contribution in [2.45, 2.75) is 81.8 Å². The maximum absolute atomic E-state index is 13.0. The molecule has 3 rings (SSSR count). The van der Waals surface area contributed by atoms with E-state index in [1.807, 2.05) is 13.8 Å². The molecule has 2 fully saturated rings. The van der Waals surface area contributed by atoms with Crippen molar-refractivity contribution in [3.8, 4) is 0 Å². The van der Waals surface area contributed by atoms with E-state index >= 15 is 0 Å². The summed E-state index contributed by atoms with van der Waals surface area (Å²) < 4.78 is 27.7. The minimum Gasteiger partial charge on any atom is -0.336 e. The number of quaternary nitrogens is 1. The number of sulfonamides is 1. The maximum atomic E-state index is 13.0. The molecular weight excluding hydrogens is 362 g/mol. The van der Waals surface area contributed by atoms with Gasteiger partial charge in [-0.3, -0.25) is 4.79 Å². The highest BCUT2D eigenvalue weighted by Crippen LogP contribution is 2.29. The second-order valence-corrected chi connectivity index (χ2v) is 9.86. The van der Waals surface area contributed by atoms with E-state index in [1.165, 1.54) is 25.7 Å². The summed E-state index contributed by atoms with van der Waals surface area (Å²) in [4.78, 5) is 12.4. The van der Waals surface area contributed by atoms with E-state index < -0.39 is 10.0 Å². The SMILES string of the molecule is C[C@H]1CCC[C@H](C)N1S(=O)(=O)c1ccc(NC(=O)C[NH2+]C2CCCC2)cc1. The molecule has 150 valence electrons. The van der Waals surface area contributed by atoms with Crippen LogP contribution in [0.5, 0.6) is 0 Å². The van der Waals surface area contributed by atoms with Crippen molar-refractivity contribution < 1.29 is 18.5 Å². The molecule has 7 heteroatoms. The monoisotopic (exact) mass is 394 g/mol. The Hall–Kier alpha value is -1.44. The van der Waals surface area contributed by atoms with Gasteiger partial charge in [0, 0.05) is 17.8 Å². The Labute approximate surface area is 162 Å². The first-order valence-corrected chi connectivity index (χ1v) is 11.6. The summed E-state index contributed by atoms with van der Waals surface area (Å²) in [5, 5.41) is 4.97. The number of carbonyl (C=O) groups is 1. The minimum absolute atomic E-state index is 0.0178. The summed E-state index contributed by atoms with van der Waals surface area (Å²) in [6.07, 6.45) is 7.75. The molecule has 1 heterocycles. The summed E-state index contributed by atoms with van der Waals surface area (Å²) in [5.41, 5.74) is 0.638. The van der Waals surface area contributed by atoms with Crippen LogP contribution in [-0.2, 0) is 14.8 Å². The fourth-order valence-electron chi connectivity index (χ4n) is 4.38. The van der Waals surface area contributed by atoms with Crippen molar-refractivity contribution in [3.05, 3.63) is 24.3 Å². The second-order valence-electron chi connectivity index (χ2n) is 8.02. The number of anilines is 1. The molecule has 0 radical (unpaired) electrons. The van der Waals surface area contributed by atoms with Crippen LogP contribution in [0.4, 0.5) is 5.69 Å². The molecule has 1 aliphatic carbocycles. The molecule has 1 saturated heterocycles. The van der Waals surface area contributed by atoms with E-state index in [2.05, 4.69) is 10.6 Å². The Balaban J connectivity index is 1.61. The van der Waals surface area contributed by atoms with Gasteiger partial charge in [0.05, 0.1) is 10.9 Å². The zero-order chi connectivity index (χ0) is 19.4. The van der Waals surface area contributed by atoms with E-state index in [9.17, 15) is 13.2 Å². The number of carbonyl (C=O) groups excluding carboxylic acids is 1. The van der Waals surface area contributed by atoms with Crippen LogP contribution >= 0.6 is 0 Å². The van der Waals surface area contributed by atoms with Crippen molar-refractivity contribution >= 4 is 21.6 Å².